The van der Waals surface area contributed by atoms with Gasteiger partial charge in [0.2, 0.25) is 5.88 Å². The molecule has 3 aromatic carbocycles. The maximum atomic E-state index is 14.5. The number of rotatable bonds is 11. The van der Waals surface area contributed by atoms with Gasteiger partial charge in [-0.3, -0.25) is 4.90 Å². The molecule has 188 valence electrons. The van der Waals surface area contributed by atoms with Gasteiger partial charge in [-0.25, -0.2) is 13.5 Å². The molecule has 0 spiro atoms. The Bertz CT molecular complexity index is 1260. The molecule has 7 heteroatoms. The van der Waals surface area contributed by atoms with Crippen LogP contribution in [0.2, 0.25) is 0 Å². The van der Waals surface area contributed by atoms with Gasteiger partial charge in [0.05, 0.1) is 23.0 Å². The summed E-state index contributed by atoms with van der Waals surface area (Å²) in [4.78, 5) is 2.15. The lowest BCUT2D eigenvalue weighted by Crippen LogP contribution is -2.34. The smallest absolute Gasteiger partial charge is 0.227 e. The molecule has 1 aromatic heterocycles. The maximum Gasteiger partial charge on any atom is 0.227 e. The standard InChI is InChI=1S/C29H31F2N3O2/c1-3-17-33(19-25(35)18-22-9-5-4-6-10-22)20-26-21(2)32-34(24-15-13-23(30)14-16-24)29(26)36-28-12-8-7-11-27(28)31/h4-16,25,35H,3,17-20H2,1-2H3. The monoisotopic (exact) mass is 491 g/mol. The Hall–Kier alpha value is -3.55. The van der Waals surface area contributed by atoms with Crippen molar-refractivity contribution < 1.29 is 18.6 Å². The van der Waals surface area contributed by atoms with Gasteiger partial charge < -0.3 is 9.84 Å². The van der Waals surface area contributed by atoms with Crippen molar-refractivity contribution in [1.82, 2.24) is 14.7 Å². The number of aromatic nitrogens is 2. The Balaban J connectivity index is 1.65. The van der Waals surface area contributed by atoms with E-state index in [9.17, 15) is 13.9 Å². The van der Waals surface area contributed by atoms with E-state index in [0.717, 1.165) is 24.1 Å². The molecule has 4 rings (SSSR count). The van der Waals surface area contributed by atoms with Crippen molar-refractivity contribution in [1.29, 1.82) is 0 Å². The van der Waals surface area contributed by atoms with Crippen molar-refractivity contribution in [2.45, 2.75) is 39.3 Å². The first-order valence-electron chi connectivity index (χ1n) is 12.2. The summed E-state index contributed by atoms with van der Waals surface area (Å²) in [5, 5.41) is 15.5. The van der Waals surface area contributed by atoms with Crippen molar-refractivity contribution in [2.75, 3.05) is 13.1 Å². The van der Waals surface area contributed by atoms with Crippen LogP contribution < -0.4 is 4.74 Å². The molecular weight excluding hydrogens is 460 g/mol. The number of aliphatic hydroxyl groups is 1. The van der Waals surface area contributed by atoms with Crippen LogP contribution >= 0.6 is 0 Å². The van der Waals surface area contributed by atoms with E-state index in [2.05, 4.69) is 16.9 Å². The normalized spacial score (nSPS) is 12.2. The number of para-hydroxylation sites is 1. The summed E-state index contributed by atoms with van der Waals surface area (Å²) < 4.78 is 35.8. The van der Waals surface area contributed by atoms with Gasteiger partial charge in [-0.05, 0) is 68.3 Å². The Morgan fingerprint density at radius 2 is 1.67 bits per heavy atom. The van der Waals surface area contributed by atoms with Crippen LogP contribution in [0.15, 0.2) is 78.9 Å². The molecule has 0 radical (unpaired) electrons. The SMILES string of the molecule is CCCN(Cc1c(C)nn(-c2ccc(F)cc2)c1Oc1ccccc1F)CC(O)Cc1ccccc1. The van der Waals surface area contributed by atoms with E-state index in [1.807, 2.05) is 37.3 Å². The molecule has 0 saturated carbocycles. The largest absolute Gasteiger partial charge is 0.435 e. The van der Waals surface area contributed by atoms with Gasteiger partial charge >= 0.3 is 0 Å². The van der Waals surface area contributed by atoms with Gasteiger partial charge in [-0.2, -0.15) is 5.10 Å². The van der Waals surface area contributed by atoms with Crippen LogP contribution in [0.25, 0.3) is 5.69 Å². The second-order valence-electron chi connectivity index (χ2n) is 8.87. The summed E-state index contributed by atoms with van der Waals surface area (Å²) in [5.74, 6) is -0.409. The third-order valence-electron chi connectivity index (χ3n) is 5.96. The zero-order valence-corrected chi connectivity index (χ0v) is 20.6. The minimum atomic E-state index is -0.553. The predicted octanol–water partition coefficient (Wildman–Crippen LogP) is 6.07. The average molecular weight is 492 g/mol. The summed E-state index contributed by atoms with van der Waals surface area (Å²) in [5.41, 5.74) is 3.17. The van der Waals surface area contributed by atoms with E-state index in [0.29, 0.717) is 36.8 Å². The van der Waals surface area contributed by atoms with Crippen LogP contribution in [-0.4, -0.2) is 39.0 Å². The molecule has 1 heterocycles. The van der Waals surface area contributed by atoms with Gasteiger partial charge in [0.25, 0.3) is 0 Å². The van der Waals surface area contributed by atoms with Crippen molar-refractivity contribution >= 4 is 0 Å². The van der Waals surface area contributed by atoms with Crippen LogP contribution in [0.3, 0.4) is 0 Å². The average Bonchev–Trinajstić information content (AvgIpc) is 3.16. The molecule has 4 aromatic rings. The highest BCUT2D eigenvalue weighted by Gasteiger charge is 2.23. The van der Waals surface area contributed by atoms with E-state index in [-0.39, 0.29) is 11.6 Å². The zero-order chi connectivity index (χ0) is 25.5. The van der Waals surface area contributed by atoms with Crippen LogP contribution in [0.1, 0.15) is 30.2 Å². The van der Waals surface area contributed by atoms with Gasteiger partial charge in [-0.15, -0.1) is 0 Å². The molecule has 0 aliphatic carbocycles. The van der Waals surface area contributed by atoms with E-state index in [4.69, 9.17) is 4.74 Å². The number of halogens is 2. The topological polar surface area (TPSA) is 50.5 Å². The first kappa shape index (κ1) is 25.5. The zero-order valence-electron chi connectivity index (χ0n) is 20.6. The van der Waals surface area contributed by atoms with Gasteiger partial charge in [0, 0.05) is 13.1 Å². The minimum Gasteiger partial charge on any atom is -0.435 e. The fraction of sp³-hybridized carbons (Fsp3) is 0.276. The molecule has 36 heavy (non-hydrogen) atoms. The van der Waals surface area contributed by atoms with E-state index in [1.165, 1.54) is 18.2 Å². The molecule has 0 fully saturated rings. The molecule has 0 aliphatic heterocycles. The Labute approximate surface area is 210 Å². The highest BCUT2D eigenvalue weighted by atomic mass is 19.1. The van der Waals surface area contributed by atoms with Crippen LogP contribution in [0.4, 0.5) is 8.78 Å². The number of ether oxygens (including phenoxy) is 1. The number of aryl methyl sites for hydroxylation is 1. The lowest BCUT2D eigenvalue weighted by molar-refractivity contribution is 0.108. The van der Waals surface area contributed by atoms with E-state index in [1.54, 1.807) is 35.0 Å². The number of benzene rings is 3. The minimum absolute atomic E-state index is 0.0770. The van der Waals surface area contributed by atoms with Crippen LogP contribution in [-0.2, 0) is 13.0 Å². The molecule has 0 bridgehead atoms. The highest BCUT2D eigenvalue weighted by molar-refractivity contribution is 5.43. The molecule has 1 N–H and O–H groups in total. The van der Waals surface area contributed by atoms with Crippen molar-refractivity contribution in [3.05, 3.63) is 107 Å². The lowest BCUT2D eigenvalue weighted by Gasteiger charge is -2.25. The van der Waals surface area contributed by atoms with Crippen LogP contribution in [0, 0.1) is 18.6 Å². The second-order valence-corrected chi connectivity index (χ2v) is 8.87. The number of hydrogen-bond acceptors (Lipinski definition) is 4. The summed E-state index contributed by atoms with van der Waals surface area (Å²) in [7, 11) is 0. The van der Waals surface area contributed by atoms with E-state index < -0.39 is 11.9 Å². The molecular formula is C29H31F2N3O2. The molecule has 0 saturated heterocycles. The molecule has 0 amide bonds. The summed E-state index contributed by atoms with van der Waals surface area (Å²) in [6.07, 6.45) is 0.891. The number of nitrogens with zero attached hydrogens (tertiary/aromatic N) is 3. The molecule has 5 nitrogen and oxygen atoms in total. The third-order valence-corrected chi connectivity index (χ3v) is 5.96. The van der Waals surface area contributed by atoms with E-state index >= 15 is 0 Å². The summed E-state index contributed by atoms with van der Waals surface area (Å²) in [6, 6.07) is 22.0. The Morgan fingerprint density at radius 1 is 0.972 bits per heavy atom. The number of hydrogen-bond donors (Lipinski definition) is 1. The van der Waals surface area contributed by atoms with Crippen LogP contribution in [0.5, 0.6) is 11.6 Å². The fourth-order valence-corrected chi connectivity index (χ4v) is 4.24. The highest BCUT2D eigenvalue weighted by Crippen LogP contribution is 2.33. The quantitative estimate of drug-likeness (QED) is 0.277. The lowest BCUT2D eigenvalue weighted by atomic mass is 10.1. The van der Waals surface area contributed by atoms with Crippen molar-refractivity contribution in [2.24, 2.45) is 0 Å². The van der Waals surface area contributed by atoms with Crippen molar-refractivity contribution in [3.63, 3.8) is 0 Å². The summed E-state index contributed by atoms with van der Waals surface area (Å²) >= 11 is 0. The fourth-order valence-electron chi connectivity index (χ4n) is 4.24. The van der Waals surface area contributed by atoms with Gasteiger partial charge in [-0.1, -0.05) is 49.4 Å². The van der Waals surface area contributed by atoms with Gasteiger partial charge in [0.15, 0.2) is 11.6 Å². The first-order valence-corrected chi connectivity index (χ1v) is 12.2. The Morgan fingerprint density at radius 3 is 2.36 bits per heavy atom. The molecule has 0 aliphatic rings. The first-order chi connectivity index (χ1) is 17.4. The molecule has 1 atom stereocenters. The maximum absolute atomic E-state index is 14.5. The Kier molecular flexibility index (Phi) is 8.46. The second kappa shape index (κ2) is 11.9. The van der Waals surface area contributed by atoms with Gasteiger partial charge in [0.1, 0.15) is 5.82 Å². The number of aliphatic hydroxyl groups excluding tert-OH is 1. The third kappa shape index (κ3) is 6.36. The summed E-state index contributed by atoms with van der Waals surface area (Å²) in [6.45, 7) is 5.63. The molecule has 1 unspecified atom stereocenters. The van der Waals surface area contributed by atoms with Crippen molar-refractivity contribution in [3.8, 4) is 17.3 Å². The predicted molar refractivity (Wildman–Crippen MR) is 136 cm³/mol.